The van der Waals surface area contributed by atoms with Gasteiger partial charge in [0.2, 0.25) is 0 Å². The number of hydrogen-bond acceptors (Lipinski definition) is 2. The van der Waals surface area contributed by atoms with Gasteiger partial charge in [0, 0.05) is 6.42 Å². The Morgan fingerprint density at radius 3 is 2.93 bits per heavy atom. The van der Waals surface area contributed by atoms with Crippen molar-refractivity contribution in [3.8, 4) is 5.75 Å². The zero-order chi connectivity index (χ0) is 10.4. The lowest BCUT2D eigenvalue weighted by Gasteiger charge is -2.03. The van der Waals surface area contributed by atoms with Gasteiger partial charge in [-0.05, 0) is 24.1 Å². The predicted molar refractivity (Wildman–Crippen MR) is 57.0 cm³/mol. The minimum absolute atomic E-state index is 0.0782. The molecule has 0 amide bonds. The van der Waals surface area contributed by atoms with Crippen molar-refractivity contribution in [1.82, 2.24) is 0 Å². The number of methoxy groups -OCH3 is 1. The van der Waals surface area contributed by atoms with E-state index in [0.717, 1.165) is 17.7 Å². The van der Waals surface area contributed by atoms with Gasteiger partial charge in [0.1, 0.15) is 11.5 Å². The molecule has 0 fully saturated rings. The van der Waals surface area contributed by atoms with Crippen LogP contribution in [0.3, 0.4) is 0 Å². The molecule has 76 valence electrons. The van der Waals surface area contributed by atoms with Crippen molar-refractivity contribution in [3.63, 3.8) is 0 Å². The number of hydrogen-bond donors (Lipinski definition) is 0. The van der Waals surface area contributed by atoms with Crippen molar-refractivity contribution in [2.45, 2.75) is 12.8 Å². The topological polar surface area (TPSA) is 26.3 Å². The first-order valence-electron chi connectivity index (χ1n) is 4.47. The second kappa shape index (κ2) is 5.66. The Labute approximate surface area is 88.8 Å². The minimum atomic E-state index is 0.0782. The zero-order valence-corrected chi connectivity index (χ0v) is 8.88. The molecular formula is C11H13ClO2. The Morgan fingerprint density at radius 2 is 2.29 bits per heavy atom. The number of alkyl halides is 1. The first kappa shape index (κ1) is 11.1. The fourth-order valence-corrected chi connectivity index (χ4v) is 1.31. The van der Waals surface area contributed by atoms with E-state index in [-0.39, 0.29) is 11.7 Å². The van der Waals surface area contributed by atoms with Crippen LogP contribution in [0, 0.1) is 0 Å². The van der Waals surface area contributed by atoms with Crippen LogP contribution in [0.1, 0.15) is 12.0 Å². The van der Waals surface area contributed by atoms with Crippen LogP contribution in [0.25, 0.3) is 0 Å². The fourth-order valence-electron chi connectivity index (χ4n) is 1.18. The molecule has 0 saturated carbocycles. The SMILES string of the molecule is COc1cccc(CCC(=O)CCl)c1. The molecule has 0 aliphatic rings. The molecule has 0 radical (unpaired) electrons. The van der Waals surface area contributed by atoms with E-state index in [1.165, 1.54) is 0 Å². The minimum Gasteiger partial charge on any atom is -0.497 e. The standard InChI is InChI=1S/C11H13ClO2/c1-14-11-4-2-3-9(7-11)5-6-10(13)8-12/h2-4,7H,5-6,8H2,1H3. The van der Waals surface area contributed by atoms with Gasteiger partial charge in [-0.25, -0.2) is 0 Å². The molecule has 1 aromatic carbocycles. The van der Waals surface area contributed by atoms with Crippen molar-refractivity contribution in [2.75, 3.05) is 13.0 Å². The van der Waals surface area contributed by atoms with E-state index in [1.54, 1.807) is 7.11 Å². The van der Waals surface area contributed by atoms with Gasteiger partial charge in [-0.15, -0.1) is 11.6 Å². The van der Waals surface area contributed by atoms with Crippen molar-refractivity contribution >= 4 is 17.4 Å². The Bertz CT molecular complexity index is 310. The highest BCUT2D eigenvalue weighted by molar-refractivity contribution is 6.27. The van der Waals surface area contributed by atoms with E-state index in [0.29, 0.717) is 6.42 Å². The summed E-state index contributed by atoms with van der Waals surface area (Å²) in [7, 11) is 1.63. The number of ketones is 1. The molecule has 0 unspecified atom stereocenters. The molecule has 0 bridgehead atoms. The number of Topliss-reactive ketones (excluding diaryl/α,β-unsaturated/α-hetero) is 1. The maximum Gasteiger partial charge on any atom is 0.147 e. The average Bonchev–Trinajstić information content (AvgIpc) is 2.26. The summed E-state index contributed by atoms with van der Waals surface area (Å²) < 4.78 is 5.08. The molecule has 0 heterocycles. The number of benzene rings is 1. The first-order valence-corrected chi connectivity index (χ1v) is 5.00. The summed E-state index contributed by atoms with van der Waals surface area (Å²) in [4.78, 5) is 11.0. The van der Waals surface area contributed by atoms with E-state index in [1.807, 2.05) is 24.3 Å². The maximum atomic E-state index is 11.0. The molecule has 2 nitrogen and oxygen atoms in total. The Hall–Kier alpha value is -1.02. The second-order valence-electron chi connectivity index (χ2n) is 3.02. The van der Waals surface area contributed by atoms with Crippen LogP contribution in [0.15, 0.2) is 24.3 Å². The third-order valence-corrected chi connectivity index (χ3v) is 2.27. The molecule has 14 heavy (non-hydrogen) atoms. The molecule has 0 aromatic heterocycles. The van der Waals surface area contributed by atoms with Crippen LogP contribution in [0.5, 0.6) is 5.75 Å². The first-order chi connectivity index (χ1) is 6.76. The van der Waals surface area contributed by atoms with Gasteiger partial charge in [0.15, 0.2) is 0 Å². The largest absolute Gasteiger partial charge is 0.497 e. The van der Waals surface area contributed by atoms with E-state index in [2.05, 4.69) is 0 Å². The van der Waals surface area contributed by atoms with Crippen molar-refractivity contribution in [3.05, 3.63) is 29.8 Å². The number of carbonyl (C=O) groups is 1. The molecular weight excluding hydrogens is 200 g/mol. The highest BCUT2D eigenvalue weighted by atomic mass is 35.5. The molecule has 1 rings (SSSR count). The summed E-state index contributed by atoms with van der Waals surface area (Å²) in [5.74, 6) is 1.000. The average molecular weight is 213 g/mol. The number of rotatable bonds is 5. The molecule has 0 N–H and O–H groups in total. The predicted octanol–water partition coefficient (Wildman–Crippen LogP) is 2.44. The van der Waals surface area contributed by atoms with Gasteiger partial charge in [0.25, 0.3) is 0 Å². The highest BCUT2D eigenvalue weighted by Gasteiger charge is 2.01. The quantitative estimate of drug-likeness (QED) is 0.701. The Morgan fingerprint density at radius 1 is 1.50 bits per heavy atom. The van der Waals surface area contributed by atoms with Crippen LogP contribution in [0.2, 0.25) is 0 Å². The third kappa shape index (κ3) is 3.38. The van der Waals surface area contributed by atoms with Gasteiger partial charge in [-0.1, -0.05) is 12.1 Å². The van der Waals surface area contributed by atoms with Gasteiger partial charge < -0.3 is 4.74 Å². The number of halogens is 1. The summed E-state index contributed by atoms with van der Waals surface area (Å²) in [5.41, 5.74) is 1.10. The molecule has 0 aliphatic heterocycles. The number of carbonyl (C=O) groups excluding carboxylic acids is 1. The Balaban J connectivity index is 2.54. The molecule has 0 saturated heterocycles. The van der Waals surface area contributed by atoms with E-state index in [4.69, 9.17) is 16.3 Å². The van der Waals surface area contributed by atoms with Crippen molar-refractivity contribution < 1.29 is 9.53 Å². The Kier molecular flexibility index (Phi) is 4.47. The lowest BCUT2D eigenvalue weighted by molar-refractivity contribution is -0.116. The smallest absolute Gasteiger partial charge is 0.147 e. The lowest BCUT2D eigenvalue weighted by atomic mass is 10.1. The normalized spacial score (nSPS) is 9.86. The molecule has 3 heteroatoms. The monoisotopic (exact) mass is 212 g/mol. The maximum absolute atomic E-state index is 11.0. The highest BCUT2D eigenvalue weighted by Crippen LogP contribution is 2.13. The van der Waals surface area contributed by atoms with Gasteiger partial charge in [-0.3, -0.25) is 4.79 Å². The summed E-state index contributed by atoms with van der Waals surface area (Å²) in [5, 5.41) is 0. The zero-order valence-electron chi connectivity index (χ0n) is 8.13. The van der Waals surface area contributed by atoms with E-state index >= 15 is 0 Å². The molecule has 1 aromatic rings. The number of ether oxygens (including phenoxy) is 1. The summed E-state index contributed by atoms with van der Waals surface area (Å²) in [6, 6.07) is 7.71. The fraction of sp³-hybridized carbons (Fsp3) is 0.364. The van der Waals surface area contributed by atoms with Crippen molar-refractivity contribution in [1.29, 1.82) is 0 Å². The van der Waals surface area contributed by atoms with E-state index in [9.17, 15) is 4.79 Å². The lowest BCUT2D eigenvalue weighted by Crippen LogP contribution is -2.01. The van der Waals surface area contributed by atoms with Crippen LogP contribution >= 0.6 is 11.6 Å². The summed E-state index contributed by atoms with van der Waals surface area (Å²) in [6.07, 6.45) is 1.22. The second-order valence-corrected chi connectivity index (χ2v) is 3.29. The molecule has 0 spiro atoms. The van der Waals surface area contributed by atoms with Crippen molar-refractivity contribution in [2.24, 2.45) is 0 Å². The summed E-state index contributed by atoms with van der Waals surface area (Å²) >= 11 is 5.40. The van der Waals surface area contributed by atoms with Crippen LogP contribution in [-0.4, -0.2) is 18.8 Å². The summed E-state index contributed by atoms with van der Waals surface area (Å²) in [6.45, 7) is 0. The molecule has 0 atom stereocenters. The molecule has 0 aliphatic carbocycles. The van der Waals surface area contributed by atoms with Crippen LogP contribution in [0.4, 0.5) is 0 Å². The van der Waals surface area contributed by atoms with Crippen LogP contribution in [-0.2, 0) is 11.2 Å². The van der Waals surface area contributed by atoms with E-state index < -0.39 is 0 Å². The van der Waals surface area contributed by atoms with Gasteiger partial charge in [-0.2, -0.15) is 0 Å². The van der Waals surface area contributed by atoms with Gasteiger partial charge >= 0.3 is 0 Å². The van der Waals surface area contributed by atoms with Gasteiger partial charge in [0.05, 0.1) is 13.0 Å². The van der Waals surface area contributed by atoms with Crippen LogP contribution < -0.4 is 4.74 Å². The number of aryl methyl sites for hydroxylation is 1. The third-order valence-electron chi connectivity index (χ3n) is 1.98.